The molecule has 1 heterocycles. The fourth-order valence-corrected chi connectivity index (χ4v) is 5.42. The van der Waals surface area contributed by atoms with Gasteiger partial charge in [0, 0.05) is 23.2 Å². The number of nitrogens with zero attached hydrogens (tertiary/aromatic N) is 1. The van der Waals surface area contributed by atoms with Crippen LogP contribution < -0.4 is 5.48 Å². The van der Waals surface area contributed by atoms with Gasteiger partial charge < -0.3 is 0 Å². The number of piperidine rings is 1. The Morgan fingerprint density at radius 2 is 1.62 bits per heavy atom. The fraction of sp³-hybridized carbons (Fsp3) is 0.435. The Bertz CT molecular complexity index is 937. The summed E-state index contributed by atoms with van der Waals surface area (Å²) in [5, 5.41) is 10.8. The molecule has 2 aromatic carbocycles. The van der Waals surface area contributed by atoms with Crippen LogP contribution in [0, 0.1) is 0 Å². The molecule has 0 radical (unpaired) electrons. The highest BCUT2D eigenvalue weighted by Gasteiger charge is 2.44. The number of thioether (sulfide) groups is 1. The summed E-state index contributed by atoms with van der Waals surface area (Å²) in [5.41, 5.74) is 1.31. The Labute approximate surface area is 204 Å². The van der Waals surface area contributed by atoms with Crippen molar-refractivity contribution in [2.24, 2.45) is 0 Å². The highest BCUT2D eigenvalue weighted by Crippen LogP contribution is 2.35. The molecule has 2 atom stereocenters. The first-order chi connectivity index (χ1) is 16.1. The Balaban J connectivity index is 0.00000199. The minimum atomic E-state index is -4.36. The number of alkyl halides is 3. The van der Waals surface area contributed by atoms with E-state index in [1.54, 1.807) is 35.8 Å². The SMILES string of the molecule is CC.CC(C(=O)NO)(c1ccccc1)S(=O)ON1CCC(Sc2ccc(C(F)(F)F)cc2)CC1. The van der Waals surface area contributed by atoms with Gasteiger partial charge in [-0.15, -0.1) is 11.8 Å². The molecule has 0 spiro atoms. The molecule has 2 unspecified atom stereocenters. The van der Waals surface area contributed by atoms with E-state index >= 15 is 0 Å². The van der Waals surface area contributed by atoms with Gasteiger partial charge >= 0.3 is 6.18 Å². The van der Waals surface area contributed by atoms with E-state index in [0.29, 0.717) is 31.5 Å². The van der Waals surface area contributed by atoms with Gasteiger partial charge in [-0.1, -0.05) is 44.2 Å². The van der Waals surface area contributed by atoms with Crippen molar-refractivity contribution in [1.29, 1.82) is 0 Å². The molecular formula is C23H29F3N2O4S2. The second-order valence-electron chi connectivity index (χ2n) is 7.42. The normalized spacial score (nSPS) is 17.7. The largest absolute Gasteiger partial charge is 0.416 e. The maximum absolute atomic E-state index is 13.0. The second-order valence-corrected chi connectivity index (χ2v) is 10.2. The molecule has 1 amide bonds. The van der Waals surface area contributed by atoms with Crippen LogP contribution in [0.1, 0.15) is 44.7 Å². The van der Waals surface area contributed by atoms with E-state index in [2.05, 4.69) is 0 Å². The molecule has 3 rings (SSSR count). The van der Waals surface area contributed by atoms with Crippen LogP contribution in [0.5, 0.6) is 0 Å². The minimum Gasteiger partial charge on any atom is -0.289 e. The third-order valence-corrected chi connectivity index (χ3v) is 8.03. The Kier molecular flexibility index (Phi) is 10.6. The number of carbonyl (C=O) groups excluding carboxylic acids is 1. The molecule has 1 aliphatic rings. The molecule has 34 heavy (non-hydrogen) atoms. The van der Waals surface area contributed by atoms with E-state index in [0.717, 1.165) is 17.0 Å². The van der Waals surface area contributed by atoms with Gasteiger partial charge in [0.05, 0.1) is 5.56 Å². The van der Waals surface area contributed by atoms with Crippen molar-refractivity contribution in [1.82, 2.24) is 10.5 Å². The van der Waals surface area contributed by atoms with Crippen LogP contribution in [0.4, 0.5) is 13.2 Å². The number of amides is 1. The van der Waals surface area contributed by atoms with Crippen LogP contribution in [-0.2, 0) is 31.1 Å². The summed E-state index contributed by atoms with van der Waals surface area (Å²) in [5.74, 6) is -0.852. The van der Waals surface area contributed by atoms with Gasteiger partial charge in [-0.25, -0.2) is 9.69 Å². The van der Waals surface area contributed by atoms with Gasteiger partial charge in [0.2, 0.25) is 0 Å². The topological polar surface area (TPSA) is 78.9 Å². The summed E-state index contributed by atoms with van der Waals surface area (Å²) in [6.45, 7) is 6.31. The van der Waals surface area contributed by atoms with E-state index in [-0.39, 0.29) is 5.25 Å². The highest BCUT2D eigenvalue weighted by atomic mass is 32.2. The zero-order valence-electron chi connectivity index (χ0n) is 19.2. The van der Waals surface area contributed by atoms with Crippen molar-refractivity contribution in [2.45, 2.75) is 54.7 Å². The zero-order valence-corrected chi connectivity index (χ0v) is 20.8. The molecule has 1 aliphatic heterocycles. The van der Waals surface area contributed by atoms with Crippen molar-refractivity contribution in [3.05, 3.63) is 65.7 Å². The van der Waals surface area contributed by atoms with Crippen LogP contribution in [0.3, 0.4) is 0 Å². The van der Waals surface area contributed by atoms with Crippen molar-refractivity contribution in [3.63, 3.8) is 0 Å². The molecule has 0 saturated carbocycles. The van der Waals surface area contributed by atoms with Gasteiger partial charge in [-0.3, -0.25) is 10.0 Å². The quantitative estimate of drug-likeness (QED) is 0.382. The molecule has 0 aliphatic carbocycles. The Morgan fingerprint density at radius 3 is 2.12 bits per heavy atom. The first-order valence-corrected chi connectivity index (χ1v) is 12.8. The van der Waals surface area contributed by atoms with E-state index in [1.807, 2.05) is 13.8 Å². The van der Waals surface area contributed by atoms with Gasteiger partial charge in [0.15, 0.2) is 15.8 Å². The first-order valence-electron chi connectivity index (χ1n) is 10.8. The number of nitrogens with one attached hydrogen (secondary N) is 1. The van der Waals surface area contributed by atoms with Gasteiger partial charge in [-0.05, 0) is 49.6 Å². The molecule has 2 N–H and O–H groups in total. The van der Waals surface area contributed by atoms with Gasteiger partial charge in [-0.2, -0.15) is 22.5 Å². The number of hydrogen-bond donors (Lipinski definition) is 2. The van der Waals surface area contributed by atoms with Crippen LogP contribution in [0.25, 0.3) is 0 Å². The van der Waals surface area contributed by atoms with Crippen molar-refractivity contribution >= 4 is 28.7 Å². The molecule has 1 fully saturated rings. The maximum Gasteiger partial charge on any atom is 0.416 e. The van der Waals surface area contributed by atoms with Crippen LogP contribution in [0.15, 0.2) is 59.5 Å². The number of rotatable bonds is 7. The first kappa shape index (κ1) is 28.3. The Hall–Kier alpha value is -1.92. The predicted octanol–water partition coefficient (Wildman–Crippen LogP) is 5.30. The molecule has 0 bridgehead atoms. The fourth-order valence-electron chi connectivity index (χ4n) is 3.28. The summed E-state index contributed by atoms with van der Waals surface area (Å²) in [6.07, 6.45) is -3.03. The van der Waals surface area contributed by atoms with E-state index in [4.69, 9.17) is 9.49 Å². The predicted molar refractivity (Wildman–Crippen MR) is 126 cm³/mol. The number of carbonyl (C=O) groups is 1. The van der Waals surface area contributed by atoms with E-state index < -0.39 is 33.5 Å². The third kappa shape index (κ3) is 7.05. The lowest BCUT2D eigenvalue weighted by Crippen LogP contribution is -2.47. The van der Waals surface area contributed by atoms with Crippen LogP contribution in [-0.4, -0.2) is 38.7 Å². The third-order valence-electron chi connectivity index (χ3n) is 5.25. The average Bonchev–Trinajstić information content (AvgIpc) is 2.85. The molecule has 11 heteroatoms. The van der Waals surface area contributed by atoms with E-state index in [9.17, 15) is 22.2 Å². The lowest BCUT2D eigenvalue weighted by Gasteiger charge is -2.33. The van der Waals surface area contributed by atoms with Gasteiger partial charge in [0.25, 0.3) is 5.91 Å². The molecule has 6 nitrogen and oxygen atoms in total. The lowest BCUT2D eigenvalue weighted by molar-refractivity contribution is -0.137. The molecule has 2 aromatic rings. The summed E-state index contributed by atoms with van der Waals surface area (Å²) in [6, 6.07) is 13.5. The number of hydrogen-bond acceptors (Lipinski definition) is 6. The van der Waals surface area contributed by atoms with Crippen molar-refractivity contribution < 1.29 is 31.7 Å². The number of hydroxylamine groups is 3. The molecular weight excluding hydrogens is 489 g/mol. The smallest absolute Gasteiger partial charge is 0.289 e. The lowest BCUT2D eigenvalue weighted by atomic mass is 10.00. The van der Waals surface area contributed by atoms with Crippen molar-refractivity contribution in [2.75, 3.05) is 13.1 Å². The van der Waals surface area contributed by atoms with E-state index in [1.165, 1.54) is 35.9 Å². The molecule has 1 saturated heterocycles. The van der Waals surface area contributed by atoms with Crippen LogP contribution in [0.2, 0.25) is 0 Å². The van der Waals surface area contributed by atoms with Gasteiger partial charge in [0.1, 0.15) is 0 Å². The Morgan fingerprint density at radius 1 is 1.06 bits per heavy atom. The second kappa shape index (κ2) is 12.7. The highest BCUT2D eigenvalue weighted by molar-refractivity contribution is 8.00. The maximum atomic E-state index is 13.0. The van der Waals surface area contributed by atoms with Crippen molar-refractivity contribution in [3.8, 4) is 0 Å². The summed E-state index contributed by atoms with van der Waals surface area (Å²) < 4.78 is 55.1. The standard InChI is InChI=1S/C21H23F3N2O4S2.C2H6/c1-20(19(27)25-28,15-5-3-2-4-6-15)32(29)30-26-13-11-18(12-14-26)31-17-9-7-16(8-10-17)21(22,23)24;1-2/h2-10,18,28H,11-14H2,1H3,(H,25,27);1-2H3. The molecule has 188 valence electrons. The molecule has 0 aromatic heterocycles. The monoisotopic (exact) mass is 518 g/mol. The number of benzene rings is 2. The zero-order chi connectivity index (χ0) is 25.4. The summed E-state index contributed by atoms with van der Waals surface area (Å²) in [7, 11) is 0. The average molecular weight is 519 g/mol. The minimum absolute atomic E-state index is 0.168. The van der Waals surface area contributed by atoms with Crippen LogP contribution >= 0.6 is 11.8 Å². The summed E-state index contributed by atoms with van der Waals surface area (Å²) >= 11 is -0.629. The number of halogens is 3. The summed E-state index contributed by atoms with van der Waals surface area (Å²) in [4.78, 5) is 13.1.